The van der Waals surface area contributed by atoms with Gasteiger partial charge in [-0.15, -0.1) is 0 Å². The molecule has 1 aromatic carbocycles. The fourth-order valence-electron chi connectivity index (χ4n) is 1.71. The molecule has 1 aromatic rings. The number of rotatable bonds is 4. The van der Waals surface area contributed by atoms with Gasteiger partial charge in [0.25, 0.3) is 0 Å². The van der Waals surface area contributed by atoms with E-state index in [1.165, 1.54) is 24.3 Å². The molecule has 6 heteroatoms. The van der Waals surface area contributed by atoms with E-state index >= 15 is 0 Å². The third-order valence-electron chi connectivity index (χ3n) is 2.64. The van der Waals surface area contributed by atoms with Crippen LogP contribution in [-0.2, 0) is 10.3 Å². The predicted octanol–water partition coefficient (Wildman–Crippen LogP) is 3.27. The van der Waals surface area contributed by atoms with Crippen LogP contribution in [0.1, 0.15) is 18.4 Å². The summed E-state index contributed by atoms with van der Waals surface area (Å²) in [7, 11) is 0. The first kappa shape index (κ1) is 12.0. The minimum atomic E-state index is -2.93. The van der Waals surface area contributed by atoms with Gasteiger partial charge >= 0.3 is 6.61 Å². The van der Waals surface area contributed by atoms with Gasteiger partial charge in [-0.2, -0.15) is 13.8 Å². The van der Waals surface area contributed by atoms with E-state index in [2.05, 4.69) is 9.73 Å². The zero-order valence-electron chi connectivity index (χ0n) is 8.62. The Bertz CT molecular complexity index is 482. The van der Waals surface area contributed by atoms with Crippen molar-refractivity contribution in [3.63, 3.8) is 0 Å². The normalized spacial score (nSPS) is 16.5. The molecule has 17 heavy (non-hydrogen) atoms. The molecule has 0 amide bonds. The topological polar surface area (TPSA) is 38.7 Å². The molecule has 0 heterocycles. The highest BCUT2D eigenvalue weighted by Crippen LogP contribution is 2.52. The van der Waals surface area contributed by atoms with Gasteiger partial charge < -0.3 is 4.74 Å². The highest BCUT2D eigenvalue weighted by atomic mass is 35.5. The van der Waals surface area contributed by atoms with Crippen LogP contribution in [0.4, 0.5) is 8.78 Å². The molecular weight excluding hydrogens is 252 g/mol. The number of halogens is 3. The summed E-state index contributed by atoms with van der Waals surface area (Å²) in [5, 5.41) is 0.383. The van der Waals surface area contributed by atoms with Crippen molar-refractivity contribution in [3.8, 4) is 5.75 Å². The Hall–Kier alpha value is -1.45. The molecule has 90 valence electrons. The Labute approximate surface area is 101 Å². The Morgan fingerprint density at radius 1 is 1.47 bits per heavy atom. The Morgan fingerprint density at radius 2 is 2.18 bits per heavy atom. The van der Waals surface area contributed by atoms with Gasteiger partial charge in [0.05, 0.1) is 0 Å². The van der Waals surface area contributed by atoms with E-state index in [1.807, 2.05) is 0 Å². The summed E-state index contributed by atoms with van der Waals surface area (Å²) in [5.74, 6) is 0.000833. The van der Waals surface area contributed by atoms with E-state index in [1.54, 1.807) is 0 Å². The number of hydrogen-bond acceptors (Lipinski definition) is 3. The molecule has 0 atom stereocenters. The summed E-state index contributed by atoms with van der Waals surface area (Å²) in [6.45, 7) is -2.93. The van der Waals surface area contributed by atoms with Crippen LogP contribution in [0.15, 0.2) is 23.2 Å². The second-order valence-corrected chi connectivity index (χ2v) is 4.19. The van der Waals surface area contributed by atoms with Crippen LogP contribution < -0.4 is 4.74 Å². The van der Waals surface area contributed by atoms with E-state index in [-0.39, 0.29) is 5.75 Å². The second-order valence-electron chi connectivity index (χ2n) is 3.75. The lowest BCUT2D eigenvalue weighted by Gasteiger charge is -2.15. The van der Waals surface area contributed by atoms with Crippen molar-refractivity contribution in [1.29, 1.82) is 0 Å². The Balaban J connectivity index is 2.43. The molecule has 0 aliphatic heterocycles. The number of benzene rings is 1. The van der Waals surface area contributed by atoms with Gasteiger partial charge in [0.15, 0.2) is 0 Å². The van der Waals surface area contributed by atoms with Crippen molar-refractivity contribution in [2.45, 2.75) is 25.0 Å². The predicted molar refractivity (Wildman–Crippen MR) is 57.1 cm³/mol. The third kappa shape index (κ3) is 2.46. The van der Waals surface area contributed by atoms with Gasteiger partial charge in [-0.05, 0) is 31.0 Å². The van der Waals surface area contributed by atoms with E-state index in [9.17, 15) is 13.6 Å². The van der Waals surface area contributed by atoms with E-state index < -0.39 is 12.2 Å². The number of ether oxygens (including phenoxy) is 1. The second kappa shape index (κ2) is 4.43. The smallest absolute Gasteiger partial charge is 0.387 e. The minimum Gasteiger partial charge on any atom is -0.434 e. The molecule has 2 rings (SSSR count). The van der Waals surface area contributed by atoms with Gasteiger partial charge in [-0.3, -0.25) is 0 Å². The first-order valence-electron chi connectivity index (χ1n) is 4.91. The molecule has 0 radical (unpaired) electrons. The first-order valence-corrected chi connectivity index (χ1v) is 5.29. The number of aliphatic imine (C=N–C) groups is 1. The summed E-state index contributed by atoms with van der Waals surface area (Å²) in [4.78, 5) is 14.0. The number of hydrogen-bond donors (Lipinski definition) is 0. The van der Waals surface area contributed by atoms with Crippen LogP contribution in [0.5, 0.6) is 5.75 Å². The fraction of sp³-hybridized carbons (Fsp3) is 0.364. The van der Waals surface area contributed by atoms with Gasteiger partial charge in [-0.25, -0.2) is 4.79 Å². The van der Waals surface area contributed by atoms with E-state index in [0.717, 1.165) is 0 Å². The van der Waals surface area contributed by atoms with Crippen molar-refractivity contribution in [2.24, 2.45) is 4.99 Å². The van der Waals surface area contributed by atoms with Crippen LogP contribution in [0.25, 0.3) is 0 Å². The molecule has 0 saturated heterocycles. The average Bonchev–Trinajstić information content (AvgIpc) is 3.01. The van der Waals surface area contributed by atoms with E-state index in [4.69, 9.17) is 11.6 Å². The molecule has 1 aliphatic carbocycles. The van der Waals surface area contributed by atoms with Crippen molar-refractivity contribution < 1.29 is 18.3 Å². The number of nitrogens with zero attached hydrogens (tertiary/aromatic N) is 1. The maximum atomic E-state index is 12.2. The van der Waals surface area contributed by atoms with Gasteiger partial charge in [0.1, 0.15) is 11.3 Å². The first-order chi connectivity index (χ1) is 8.07. The van der Waals surface area contributed by atoms with Crippen molar-refractivity contribution in [3.05, 3.63) is 28.8 Å². The number of isocyanates is 1. The Morgan fingerprint density at radius 3 is 2.71 bits per heavy atom. The van der Waals surface area contributed by atoms with Gasteiger partial charge in [0.2, 0.25) is 6.08 Å². The van der Waals surface area contributed by atoms with Gasteiger partial charge in [-0.1, -0.05) is 11.6 Å². The van der Waals surface area contributed by atoms with Gasteiger partial charge in [0, 0.05) is 10.6 Å². The van der Waals surface area contributed by atoms with Crippen LogP contribution in [0, 0.1) is 0 Å². The zero-order valence-corrected chi connectivity index (χ0v) is 9.38. The molecule has 0 bridgehead atoms. The van der Waals surface area contributed by atoms with Crippen molar-refractivity contribution >= 4 is 17.7 Å². The third-order valence-corrected chi connectivity index (χ3v) is 2.88. The quantitative estimate of drug-likeness (QED) is 0.615. The molecule has 1 fully saturated rings. The number of carbonyl (C=O) groups excluding carboxylic acids is 1. The lowest BCUT2D eigenvalue weighted by Crippen LogP contribution is -2.10. The standard InChI is InChI=1S/C11H8ClF2NO2/c12-7-1-2-9(17-10(13)14)8(5-7)11(3-4-11)15-6-16/h1-2,5,10H,3-4H2. The lowest BCUT2D eigenvalue weighted by atomic mass is 10.0. The largest absolute Gasteiger partial charge is 0.434 e. The molecule has 0 N–H and O–H groups in total. The highest BCUT2D eigenvalue weighted by Gasteiger charge is 2.47. The van der Waals surface area contributed by atoms with Crippen molar-refractivity contribution in [2.75, 3.05) is 0 Å². The molecule has 3 nitrogen and oxygen atoms in total. The van der Waals surface area contributed by atoms with Crippen LogP contribution >= 0.6 is 11.6 Å². The fourth-order valence-corrected chi connectivity index (χ4v) is 1.88. The summed E-state index contributed by atoms with van der Waals surface area (Å²) < 4.78 is 28.9. The molecule has 0 spiro atoms. The minimum absolute atomic E-state index is 0.000833. The molecule has 1 aliphatic rings. The van der Waals surface area contributed by atoms with Crippen LogP contribution in [0.2, 0.25) is 5.02 Å². The van der Waals surface area contributed by atoms with Crippen LogP contribution in [-0.4, -0.2) is 12.7 Å². The summed E-state index contributed by atoms with van der Waals surface area (Å²) in [6.07, 6.45) is 2.66. The Kier molecular flexibility index (Phi) is 3.13. The molecule has 0 aromatic heterocycles. The maximum absolute atomic E-state index is 12.2. The molecular formula is C11H8ClF2NO2. The van der Waals surface area contributed by atoms with Crippen LogP contribution in [0.3, 0.4) is 0 Å². The molecule has 1 saturated carbocycles. The summed E-state index contributed by atoms with van der Waals surface area (Å²) in [6, 6.07) is 4.29. The van der Waals surface area contributed by atoms with Crippen molar-refractivity contribution in [1.82, 2.24) is 0 Å². The monoisotopic (exact) mass is 259 g/mol. The maximum Gasteiger partial charge on any atom is 0.387 e. The highest BCUT2D eigenvalue weighted by molar-refractivity contribution is 6.30. The molecule has 0 unspecified atom stereocenters. The van der Waals surface area contributed by atoms with E-state index in [0.29, 0.717) is 23.4 Å². The zero-order chi connectivity index (χ0) is 12.5. The number of alkyl halides is 2. The SMILES string of the molecule is O=C=NC1(c2cc(Cl)ccc2OC(F)F)CC1. The summed E-state index contributed by atoms with van der Waals surface area (Å²) in [5.41, 5.74) is -0.370. The summed E-state index contributed by atoms with van der Waals surface area (Å²) >= 11 is 5.80. The lowest BCUT2D eigenvalue weighted by molar-refractivity contribution is -0.0506. The average molecular weight is 260 g/mol.